The van der Waals surface area contributed by atoms with Crippen molar-refractivity contribution in [3.63, 3.8) is 0 Å². The van der Waals surface area contributed by atoms with Gasteiger partial charge in [0.1, 0.15) is 10.7 Å². The highest BCUT2D eigenvalue weighted by molar-refractivity contribution is 7.21. The Morgan fingerprint density at radius 3 is 2.65 bits per heavy atom. The number of carbonyl (C=O) groups excluding carboxylic acids is 2. The number of fused-ring (bicyclic) bond motifs is 1. The number of para-hydroxylation sites is 1. The highest BCUT2D eigenvalue weighted by Crippen LogP contribution is 2.30. The van der Waals surface area contributed by atoms with Crippen LogP contribution in [0, 0.1) is 0 Å². The molecular weight excluding hydrogens is 410 g/mol. The fourth-order valence-corrected chi connectivity index (χ4v) is 4.58. The SMILES string of the molecule is O=C(NCc1ccc(N2CCCC2=O)cc1)c1nccnc1-c1nc2ccccc2s1. The van der Waals surface area contributed by atoms with Crippen molar-refractivity contribution in [2.24, 2.45) is 0 Å². The molecule has 3 heterocycles. The average Bonchev–Trinajstić information content (AvgIpc) is 3.44. The van der Waals surface area contributed by atoms with Gasteiger partial charge in [-0.15, -0.1) is 11.3 Å². The van der Waals surface area contributed by atoms with Gasteiger partial charge in [-0.05, 0) is 36.2 Å². The van der Waals surface area contributed by atoms with Crippen molar-refractivity contribution in [1.29, 1.82) is 0 Å². The van der Waals surface area contributed by atoms with Crippen LogP contribution in [0.2, 0.25) is 0 Å². The van der Waals surface area contributed by atoms with Crippen molar-refractivity contribution in [3.8, 4) is 10.7 Å². The Bertz CT molecular complexity index is 1240. The van der Waals surface area contributed by atoms with Crippen LogP contribution in [0.4, 0.5) is 5.69 Å². The van der Waals surface area contributed by atoms with E-state index in [9.17, 15) is 9.59 Å². The summed E-state index contributed by atoms with van der Waals surface area (Å²) >= 11 is 1.48. The number of nitrogens with zero attached hydrogens (tertiary/aromatic N) is 4. The lowest BCUT2D eigenvalue weighted by molar-refractivity contribution is -0.117. The molecule has 31 heavy (non-hydrogen) atoms. The Labute approximate surface area is 182 Å². The quantitative estimate of drug-likeness (QED) is 0.521. The normalized spacial score (nSPS) is 13.7. The van der Waals surface area contributed by atoms with Crippen molar-refractivity contribution < 1.29 is 9.59 Å². The first-order chi connectivity index (χ1) is 15.2. The Balaban J connectivity index is 1.31. The largest absolute Gasteiger partial charge is 0.347 e. The average molecular weight is 430 g/mol. The Kier molecular flexibility index (Phi) is 5.13. The standard InChI is InChI=1S/C23H19N5O2S/c29-19-6-3-13-28(19)16-9-7-15(8-10-16)14-26-22(30)20-21(25-12-11-24-20)23-27-17-4-1-2-5-18(17)31-23/h1-2,4-5,7-12H,3,6,13-14H2,(H,26,30). The van der Waals surface area contributed by atoms with Gasteiger partial charge >= 0.3 is 0 Å². The molecule has 5 rings (SSSR count). The van der Waals surface area contributed by atoms with Gasteiger partial charge in [-0.3, -0.25) is 9.59 Å². The molecule has 1 aliphatic rings. The van der Waals surface area contributed by atoms with Gasteiger partial charge in [0.2, 0.25) is 5.91 Å². The molecule has 0 aliphatic carbocycles. The van der Waals surface area contributed by atoms with Crippen LogP contribution in [0.15, 0.2) is 60.9 Å². The second-order valence-electron chi connectivity index (χ2n) is 7.24. The molecule has 0 radical (unpaired) electrons. The molecule has 0 saturated carbocycles. The van der Waals surface area contributed by atoms with E-state index in [4.69, 9.17) is 0 Å². The van der Waals surface area contributed by atoms with Crippen molar-refractivity contribution >= 4 is 39.1 Å². The maximum absolute atomic E-state index is 12.9. The number of benzene rings is 2. The van der Waals surface area contributed by atoms with Gasteiger partial charge in [0, 0.05) is 37.6 Å². The maximum Gasteiger partial charge on any atom is 0.272 e. The highest BCUT2D eigenvalue weighted by atomic mass is 32.1. The predicted molar refractivity (Wildman–Crippen MR) is 120 cm³/mol. The third-order valence-corrected chi connectivity index (χ3v) is 6.23. The summed E-state index contributed by atoms with van der Waals surface area (Å²) in [4.78, 5) is 39.8. The van der Waals surface area contributed by atoms with E-state index in [1.54, 1.807) is 11.1 Å². The van der Waals surface area contributed by atoms with Crippen LogP contribution < -0.4 is 10.2 Å². The van der Waals surface area contributed by atoms with Crippen LogP contribution in [-0.4, -0.2) is 33.3 Å². The van der Waals surface area contributed by atoms with Gasteiger partial charge in [0.25, 0.3) is 5.91 Å². The predicted octanol–water partition coefficient (Wildman–Crippen LogP) is 3.81. The first-order valence-corrected chi connectivity index (χ1v) is 10.8. The molecule has 0 atom stereocenters. The Morgan fingerprint density at radius 1 is 1.06 bits per heavy atom. The van der Waals surface area contributed by atoms with Gasteiger partial charge in [0.15, 0.2) is 5.69 Å². The summed E-state index contributed by atoms with van der Waals surface area (Å²) in [6.07, 6.45) is 4.57. The highest BCUT2D eigenvalue weighted by Gasteiger charge is 2.22. The zero-order valence-electron chi connectivity index (χ0n) is 16.6. The third-order valence-electron chi connectivity index (χ3n) is 5.18. The molecule has 1 saturated heterocycles. The second kappa shape index (κ2) is 8.23. The molecule has 1 fully saturated rings. The number of rotatable bonds is 5. The summed E-state index contributed by atoms with van der Waals surface area (Å²) < 4.78 is 1.03. The number of carbonyl (C=O) groups is 2. The lowest BCUT2D eigenvalue weighted by atomic mass is 10.2. The smallest absolute Gasteiger partial charge is 0.272 e. The van der Waals surface area contributed by atoms with Crippen LogP contribution in [-0.2, 0) is 11.3 Å². The summed E-state index contributed by atoms with van der Waals surface area (Å²) in [5.74, 6) is -0.146. The first-order valence-electron chi connectivity index (χ1n) is 10.0. The minimum absolute atomic E-state index is 0.158. The van der Waals surface area contributed by atoms with Crippen LogP contribution in [0.5, 0.6) is 0 Å². The van der Waals surface area contributed by atoms with E-state index in [-0.39, 0.29) is 17.5 Å². The molecule has 4 aromatic rings. The number of hydrogen-bond acceptors (Lipinski definition) is 6. The van der Waals surface area contributed by atoms with Crippen LogP contribution >= 0.6 is 11.3 Å². The van der Waals surface area contributed by atoms with Crippen molar-refractivity contribution in [2.45, 2.75) is 19.4 Å². The fraction of sp³-hybridized carbons (Fsp3) is 0.174. The third kappa shape index (κ3) is 3.89. The van der Waals surface area contributed by atoms with E-state index in [0.29, 0.717) is 23.7 Å². The van der Waals surface area contributed by atoms with Gasteiger partial charge in [-0.2, -0.15) is 0 Å². The summed E-state index contributed by atoms with van der Waals surface area (Å²) in [5, 5.41) is 3.58. The zero-order chi connectivity index (χ0) is 21.2. The summed E-state index contributed by atoms with van der Waals surface area (Å²) in [6.45, 7) is 1.11. The van der Waals surface area contributed by atoms with E-state index in [1.165, 1.54) is 17.5 Å². The molecule has 8 heteroatoms. The molecule has 2 aromatic carbocycles. The molecule has 0 unspecified atom stereocenters. The number of anilines is 1. The minimum Gasteiger partial charge on any atom is -0.347 e. The second-order valence-corrected chi connectivity index (χ2v) is 8.27. The summed E-state index contributed by atoms with van der Waals surface area (Å²) in [5.41, 5.74) is 3.43. The molecule has 2 amide bonds. The zero-order valence-corrected chi connectivity index (χ0v) is 17.4. The molecule has 7 nitrogen and oxygen atoms in total. The summed E-state index contributed by atoms with van der Waals surface area (Å²) in [6, 6.07) is 15.5. The number of hydrogen-bond donors (Lipinski definition) is 1. The van der Waals surface area contributed by atoms with E-state index in [1.807, 2.05) is 48.5 Å². The maximum atomic E-state index is 12.9. The van der Waals surface area contributed by atoms with Gasteiger partial charge < -0.3 is 10.2 Å². The lowest BCUT2D eigenvalue weighted by Crippen LogP contribution is -2.25. The van der Waals surface area contributed by atoms with Gasteiger partial charge in [-0.1, -0.05) is 24.3 Å². The Hall–Kier alpha value is -3.65. The lowest BCUT2D eigenvalue weighted by Gasteiger charge is -2.16. The van der Waals surface area contributed by atoms with Crippen molar-refractivity contribution in [1.82, 2.24) is 20.3 Å². The topological polar surface area (TPSA) is 88.1 Å². The summed E-state index contributed by atoms with van der Waals surface area (Å²) in [7, 11) is 0. The molecule has 1 aliphatic heterocycles. The van der Waals surface area contributed by atoms with E-state index in [2.05, 4.69) is 20.3 Å². The first kappa shape index (κ1) is 19.3. The number of aromatic nitrogens is 3. The van der Waals surface area contributed by atoms with Gasteiger partial charge in [-0.25, -0.2) is 15.0 Å². The van der Waals surface area contributed by atoms with E-state index >= 15 is 0 Å². The number of nitrogens with one attached hydrogen (secondary N) is 1. The van der Waals surface area contributed by atoms with E-state index in [0.717, 1.165) is 34.4 Å². The molecule has 0 bridgehead atoms. The van der Waals surface area contributed by atoms with Crippen LogP contribution in [0.25, 0.3) is 20.9 Å². The fourth-order valence-electron chi connectivity index (χ4n) is 3.62. The number of amides is 2. The molecule has 2 aromatic heterocycles. The van der Waals surface area contributed by atoms with Crippen LogP contribution in [0.3, 0.4) is 0 Å². The van der Waals surface area contributed by atoms with E-state index < -0.39 is 0 Å². The Morgan fingerprint density at radius 2 is 1.87 bits per heavy atom. The monoisotopic (exact) mass is 429 g/mol. The molecular formula is C23H19N5O2S. The van der Waals surface area contributed by atoms with Crippen LogP contribution in [0.1, 0.15) is 28.9 Å². The molecule has 0 spiro atoms. The van der Waals surface area contributed by atoms with Crippen molar-refractivity contribution in [2.75, 3.05) is 11.4 Å². The molecule has 154 valence electrons. The molecule has 1 N–H and O–H groups in total. The van der Waals surface area contributed by atoms with Gasteiger partial charge in [0.05, 0.1) is 10.2 Å². The number of thiazole rings is 1. The minimum atomic E-state index is -0.304. The van der Waals surface area contributed by atoms with Crippen molar-refractivity contribution in [3.05, 3.63) is 72.2 Å².